The Balaban J connectivity index is 2.28. The van der Waals surface area contributed by atoms with Crippen molar-refractivity contribution in [1.29, 1.82) is 0 Å². The molecule has 1 aromatic heterocycles. The predicted octanol–water partition coefficient (Wildman–Crippen LogP) is 2.14. The number of carbonyl (C=O) groups is 2. The fourth-order valence-corrected chi connectivity index (χ4v) is 2.39. The summed E-state index contributed by atoms with van der Waals surface area (Å²) in [7, 11) is 1.53. The van der Waals surface area contributed by atoms with E-state index < -0.39 is 12.0 Å². The molecule has 1 atom stereocenters. The number of rotatable bonds is 5. The van der Waals surface area contributed by atoms with Gasteiger partial charge in [-0.1, -0.05) is 18.2 Å². The van der Waals surface area contributed by atoms with Crippen LogP contribution in [-0.4, -0.2) is 39.5 Å². The third kappa shape index (κ3) is 2.91. The lowest BCUT2D eigenvalue weighted by Crippen LogP contribution is -2.40. The summed E-state index contributed by atoms with van der Waals surface area (Å²) in [5.74, 6) is -1.19. The van der Waals surface area contributed by atoms with Crippen LogP contribution in [0.3, 0.4) is 0 Å². The molecule has 1 unspecified atom stereocenters. The summed E-state index contributed by atoms with van der Waals surface area (Å²) < 4.78 is 2.10. The van der Waals surface area contributed by atoms with Gasteiger partial charge in [0.1, 0.15) is 6.04 Å². The fraction of sp³-hybridized carbons (Fsp3) is 0.375. The Morgan fingerprint density at radius 2 is 2.00 bits per heavy atom. The van der Waals surface area contributed by atoms with E-state index >= 15 is 0 Å². The molecule has 0 spiro atoms. The standard InChI is InChI=1S/C16H20N2O3/c1-4-18-10-12(13-7-5-6-8-14(13)18)9-15(19)17(3)11(2)16(20)21/h5-8,10-11H,4,9H2,1-3H3,(H,20,21). The number of likely N-dealkylation sites (N-methyl/N-ethyl adjacent to an activating group) is 1. The van der Waals surface area contributed by atoms with Crippen molar-refractivity contribution in [2.45, 2.75) is 32.9 Å². The van der Waals surface area contributed by atoms with Crippen LogP contribution >= 0.6 is 0 Å². The summed E-state index contributed by atoms with van der Waals surface area (Å²) in [6.45, 7) is 4.39. The molecule has 0 saturated carbocycles. The van der Waals surface area contributed by atoms with E-state index in [2.05, 4.69) is 11.5 Å². The number of hydrogen-bond acceptors (Lipinski definition) is 2. The Hall–Kier alpha value is -2.30. The second kappa shape index (κ2) is 5.99. The molecule has 21 heavy (non-hydrogen) atoms. The largest absolute Gasteiger partial charge is 0.480 e. The molecule has 1 aromatic carbocycles. The molecule has 5 nitrogen and oxygen atoms in total. The van der Waals surface area contributed by atoms with Crippen LogP contribution in [0.5, 0.6) is 0 Å². The van der Waals surface area contributed by atoms with Crippen LogP contribution in [0.1, 0.15) is 19.4 Å². The van der Waals surface area contributed by atoms with E-state index in [0.29, 0.717) is 0 Å². The van der Waals surface area contributed by atoms with Gasteiger partial charge in [-0.25, -0.2) is 4.79 Å². The van der Waals surface area contributed by atoms with Crippen molar-refractivity contribution < 1.29 is 14.7 Å². The minimum absolute atomic E-state index is 0.191. The van der Waals surface area contributed by atoms with Gasteiger partial charge in [-0.15, -0.1) is 0 Å². The number of benzene rings is 1. The van der Waals surface area contributed by atoms with E-state index in [9.17, 15) is 9.59 Å². The molecule has 0 saturated heterocycles. The monoisotopic (exact) mass is 288 g/mol. The molecular formula is C16H20N2O3. The Kier molecular flexibility index (Phi) is 4.31. The normalized spacial score (nSPS) is 12.3. The second-order valence-electron chi connectivity index (χ2n) is 5.15. The molecule has 5 heteroatoms. The first kappa shape index (κ1) is 15.1. The molecule has 0 aliphatic rings. The summed E-state index contributed by atoms with van der Waals surface area (Å²) in [4.78, 5) is 24.5. The highest BCUT2D eigenvalue weighted by molar-refractivity contribution is 5.90. The Morgan fingerprint density at radius 3 is 2.62 bits per heavy atom. The first-order valence-electron chi connectivity index (χ1n) is 7.01. The van der Waals surface area contributed by atoms with Crippen LogP contribution in [-0.2, 0) is 22.6 Å². The molecule has 0 fully saturated rings. The zero-order valence-electron chi connectivity index (χ0n) is 12.5. The maximum Gasteiger partial charge on any atom is 0.326 e. The Labute approximate surface area is 123 Å². The molecule has 0 bridgehead atoms. The van der Waals surface area contributed by atoms with Crippen molar-refractivity contribution in [3.63, 3.8) is 0 Å². The topological polar surface area (TPSA) is 62.5 Å². The fourth-order valence-electron chi connectivity index (χ4n) is 2.39. The number of carboxylic acids is 1. The molecule has 0 aliphatic carbocycles. The van der Waals surface area contributed by atoms with E-state index in [4.69, 9.17) is 5.11 Å². The number of hydrogen-bond donors (Lipinski definition) is 1. The van der Waals surface area contributed by atoms with Crippen molar-refractivity contribution in [1.82, 2.24) is 9.47 Å². The van der Waals surface area contributed by atoms with Gasteiger partial charge in [0.05, 0.1) is 6.42 Å². The van der Waals surface area contributed by atoms with Crippen molar-refractivity contribution >= 4 is 22.8 Å². The summed E-state index contributed by atoms with van der Waals surface area (Å²) in [6, 6.07) is 7.11. The van der Waals surface area contributed by atoms with Gasteiger partial charge in [-0.2, -0.15) is 0 Å². The smallest absolute Gasteiger partial charge is 0.326 e. The Morgan fingerprint density at radius 1 is 1.33 bits per heavy atom. The van der Waals surface area contributed by atoms with E-state index in [1.165, 1.54) is 18.9 Å². The number of carboxylic acid groups (broad SMARTS) is 1. The zero-order valence-corrected chi connectivity index (χ0v) is 12.5. The van der Waals surface area contributed by atoms with Crippen LogP contribution in [0, 0.1) is 0 Å². The molecule has 112 valence electrons. The van der Waals surface area contributed by atoms with Gasteiger partial charge >= 0.3 is 5.97 Å². The van der Waals surface area contributed by atoms with Gasteiger partial charge in [-0.3, -0.25) is 4.79 Å². The van der Waals surface area contributed by atoms with E-state index in [1.807, 2.05) is 30.5 Å². The van der Waals surface area contributed by atoms with Gasteiger partial charge in [-0.05, 0) is 25.5 Å². The third-order valence-electron chi connectivity index (χ3n) is 3.89. The van der Waals surface area contributed by atoms with Gasteiger partial charge in [0.15, 0.2) is 0 Å². The summed E-state index contributed by atoms with van der Waals surface area (Å²) in [5, 5.41) is 10.0. The highest BCUT2D eigenvalue weighted by atomic mass is 16.4. The predicted molar refractivity (Wildman–Crippen MR) is 81.2 cm³/mol. The number of aryl methyl sites for hydroxylation is 1. The van der Waals surface area contributed by atoms with Crippen molar-refractivity contribution in [3.05, 3.63) is 36.0 Å². The highest BCUT2D eigenvalue weighted by Gasteiger charge is 2.22. The van der Waals surface area contributed by atoms with Crippen LogP contribution in [0.15, 0.2) is 30.5 Å². The minimum Gasteiger partial charge on any atom is -0.480 e. The van der Waals surface area contributed by atoms with E-state index in [-0.39, 0.29) is 12.3 Å². The zero-order chi connectivity index (χ0) is 15.6. The van der Waals surface area contributed by atoms with Crippen molar-refractivity contribution in [3.8, 4) is 0 Å². The van der Waals surface area contributed by atoms with Crippen LogP contribution in [0.25, 0.3) is 10.9 Å². The van der Waals surface area contributed by atoms with Crippen LogP contribution in [0.4, 0.5) is 0 Å². The average Bonchev–Trinajstić information content (AvgIpc) is 2.83. The van der Waals surface area contributed by atoms with E-state index in [0.717, 1.165) is 23.0 Å². The molecule has 0 radical (unpaired) electrons. The highest BCUT2D eigenvalue weighted by Crippen LogP contribution is 2.22. The van der Waals surface area contributed by atoms with E-state index in [1.54, 1.807) is 0 Å². The maximum atomic E-state index is 12.3. The van der Waals surface area contributed by atoms with Crippen molar-refractivity contribution in [2.75, 3.05) is 7.05 Å². The first-order valence-corrected chi connectivity index (χ1v) is 7.01. The molecular weight excluding hydrogens is 268 g/mol. The number of carbonyl (C=O) groups excluding carboxylic acids is 1. The van der Waals surface area contributed by atoms with Gasteiger partial charge < -0.3 is 14.6 Å². The van der Waals surface area contributed by atoms with Crippen LogP contribution < -0.4 is 0 Å². The third-order valence-corrected chi connectivity index (χ3v) is 3.89. The average molecular weight is 288 g/mol. The molecule has 0 aliphatic heterocycles. The lowest BCUT2D eigenvalue weighted by atomic mass is 10.1. The van der Waals surface area contributed by atoms with Gasteiger partial charge in [0.2, 0.25) is 5.91 Å². The summed E-state index contributed by atoms with van der Waals surface area (Å²) in [6.07, 6.45) is 2.18. The number of aliphatic carboxylic acids is 1. The first-order chi connectivity index (χ1) is 9.95. The lowest BCUT2D eigenvalue weighted by molar-refractivity contribution is -0.147. The quantitative estimate of drug-likeness (QED) is 0.916. The number of para-hydroxylation sites is 1. The summed E-state index contributed by atoms with van der Waals surface area (Å²) >= 11 is 0. The molecule has 1 N–H and O–H groups in total. The number of nitrogens with zero attached hydrogens (tertiary/aromatic N) is 2. The van der Waals surface area contributed by atoms with Gasteiger partial charge in [0, 0.05) is 30.7 Å². The lowest BCUT2D eigenvalue weighted by Gasteiger charge is -2.21. The number of amides is 1. The summed E-state index contributed by atoms with van der Waals surface area (Å²) in [5.41, 5.74) is 2.03. The molecule has 2 rings (SSSR count). The molecule has 2 aromatic rings. The van der Waals surface area contributed by atoms with Crippen molar-refractivity contribution in [2.24, 2.45) is 0 Å². The minimum atomic E-state index is -0.998. The maximum absolute atomic E-state index is 12.3. The Bertz CT molecular complexity index is 675. The van der Waals surface area contributed by atoms with Gasteiger partial charge in [0.25, 0.3) is 0 Å². The molecule has 1 amide bonds. The van der Waals surface area contributed by atoms with Crippen LogP contribution in [0.2, 0.25) is 0 Å². The number of aromatic nitrogens is 1. The number of fused-ring (bicyclic) bond motifs is 1. The SMILES string of the molecule is CCn1cc(CC(=O)N(C)C(C)C(=O)O)c2ccccc21. The second-order valence-corrected chi connectivity index (χ2v) is 5.15. The molecule has 1 heterocycles.